The smallest absolute Gasteiger partial charge is 0.223 e. The Kier molecular flexibility index (Phi) is 6.06. The normalized spacial score (nSPS) is 18.4. The van der Waals surface area contributed by atoms with Crippen LogP contribution in [0.3, 0.4) is 0 Å². The van der Waals surface area contributed by atoms with Crippen LogP contribution >= 0.6 is 0 Å². The molecule has 0 saturated carbocycles. The van der Waals surface area contributed by atoms with Gasteiger partial charge in [-0.15, -0.1) is 0 Å². The molecule has 1 aromatic rings. The first-order valence-corrected chi connectivity index (χ1v) is 9.67. The number of ketones is 1. The fourth-order valence-electron chi connectivity index (χ4n) is 2.76. The third kappa shape index (κ3) is 5.68. The van der Waals surface area contributed by atoms with Gasteiger partial charge in [-0.05, 0) is 37.1 Å². The summed E-state index contributed by atoms with van der Waals surface area (Å²) in [5.74, 6) is -0.808. The van der Waals surface area contributed by atoms with Gasteiger partial charge in [0.25, 0.3) is 0 Å². The number of halogens is 1. The topological polar surface area (TPSA) is 83.6 Å². The molecule has 1 amide bonds. The van der Waals surface area contributed by atoms with Gasteiger partial charge in [0, 0.05) is 37.5 Å². The molecule has 1 aliphatic heterocycles. The lowest BCUT2D eigenvalue weighted by molar-refractivity contribution is -0.132. The molecule has 1 aliphatic rings. The van der Waals surface area contributed by atoms with Crippen molar-refractivity contribution in [3.63, 3.8) is 0 Å². The molecule has 0 aromatic heterocycles. The van der Waals surface area contributed by atoms with E-state index in [4.69, 9.17) is 0 Å². The number of benzene rings is 1. The molecule has 0 bridgehead atoms. The molecule has 1 atom stereocenters. The first kappa shape index (κ1) is 18.5. The molecule has 1 N–H and O–H groups in total. The molecular weight excluding hydrogens is 335 g/mol. The van der Waals surface area contributed by atoms with Crippen LogP contribution in [0.25, 0.3) is 0 Å². The minimum atomic E-state index is -3.31. The Morgan fingerprint density at radius 1 is 1.25 bits per heavy atom. The van der Waals surface area contributed by atoms with E-state index in [1.807, 2.05) is 0 Å². The number of piperidine rings is 1. The molecule has 8 heteroatoms. The third-order valence-electron chi connectivity index (χ3n) is 3.89. The van der Waals surface area contributed by atoms with Crippen molar-refractivity contribution in [2.75, 3.05) is 19.3 Å². The van der Waals surface area contributed by atoms with Crippen LogP contribution in [-0.4, -0.2) is 50.4 Å². The number of nitrogens with one attached hydrogen (secondary N) is 1. The minimum Gasteiger partial charge on any atom is -0.341 e. The predicted octanol–water partition coefficient (Wildman–Crippen LogP) is 1.33. The molecule has 0 aliphatic carbocycles. The number of sulfonamides is 1. The van der Waals surface area contributed by atoms with Gasteiger partial charge in [0.1, 0.15) is 5.82 Å². The highest BCUT2D eigenvalue weighted by Crippen LogP contribution is 2.14. The Balaban J connectivity index is 1.85. The number of hydrogen-bond acceptors (Lipinski definition) is 4. The molecule has 0 radical (unpaired) electrons. The van der Waals surface area contributed by atoms with Gasteiger partial charge < -0.3 is 4.90 Å². The van der Waals surface area contributed by atoms with Gasteiger partial charge in [-0.3, -0.25) is 9.59 Å². The van der Waals surface area contributed by atoms with E-state index in [0.717, 1.165) is 6.26 Å². The van der Waals surface area contributed by atoms with Crippen LogP contribution in [-0.2, 0) is 14.8 Å². The van der Waals surface area contributed by atoms with Gasteiger partial charge in [-0.1, -0.05) is 0 Å². The van der Waals surface area contributed by atoms with Crippen LogP contribution in [0, 0.1) is 5.82 Å². The second-order valence-corrected chi connectivity index (χ2v) is 7.78. The molecule has 24 heavy (non-hydrogen) atoms. The van der Waals surface area contributed by atoms with Gasteiger partial charge in [0.05, 0.1) is 6.26 Å². The maximum Gasteiger partial charge on any atom is 0.223 e. The van der Waals surface area contributed by atoms with Crippen LogP contribution in [0.5, 0.6) is 0 Å². The zero-order chi connectivity index (χ0) is 17.7. The average Bonchev–Trinajstić information content (AvgIpc) is 2.51. The van der Waals surface area contributed by atoms with E-state index in [0.29, 0.717) is 31.5 Å². The van der Waals surface area contributed by atoms with Crippen LogP contribution in [0.2, 0.25) is 0 Å². The largest absolute Gasteiger partial charge is 0.341 e. The highest BCUT2D eigenvalue weighted by Gasteiger charge is 2.25. The fraction of sp³-hybridized carbons (Fsp3) is 0.500. The quantitative estimate of drug-likeness (QED) is 0.780. The first-order chi connectivity index (χ1) is 11.2. The Morgan fingerprint density at radius 2 is 1.92 bits per heavy atom. The second kappa shape index (κ2) is 7.85. The summed E-state index contributed by atoms with van der Waals surface area (Å²) in [6, 6.07) is 4.93. The minimum absolute atomic E-state index is 0.0468. The molecule has 1 unspecified atom stereocenters. The molecule has 1 aromatic carbocycles. The zero-order valence-corrected chi connectivity index (χ0v) is 14.3. The number of hydrogen-bond donors (Lipinski definition) is 1. The average molecular weight is 356 g/mol. The van der Waals surface area contributed by atoms with Gasteiger partial charge in [0.15, 0.2) is 5.78 Å². The van der Waals surface area contributed by atoms with Crippen molar-refractivity contribution in [2.24, 2.45) is 0 Å². The van der Waals surface area contributed by atoms with E-state index in [9.17, 15) is 22.4 Å². The number of likely N-dealkylation sites (tertiary alicyclic amines) is 1. The number of Topliss-reactive ketones (excluding diaryl/α,β-unsaturated/α-hetero) is 1. The molecule has 2 rings (SSSR count). The van der Waals surface area contributed by atoms with Crippen molar-refractivity contribution < 1.29 is 22.4 Å². The van der Waals surface area contributed by atoms with Crippen molar-refractivity contribution in [2.45, 2.75) is 31.7 Å². The van der Waals surface area contributed by atoms with Gasteiger partial charge in [-0.25, -0.2) is 17.5 Å². The third-order valence-corrected chi connectivity index (χ3v) is 4.65. The molecule has 6 nitrogen and oxygen atoms in total. The predicted molar refractivity (Wildman–Crippen MR) is 87.5 cm³/mol. The summed E-state index contributed by atoms with van der Waals surface area (Å²) in [4.78, 5) is 25.8. The summed E-state index contributed by atoms with van der Waals surface area (Å²) in [5.41, 5.74) is 0.375. The number of carbonyl (C=O) groups is 2. The van der Waals surface area contributed by atoms with E-state index in [-0.39, 0.29) is 30.6 Å². The fourth-order valence-corrected chi connectivity index (χ4v) is 3.56. The SMILES string of the molecule is CS(=O)(=O)NC1CCCN(C(=O)CCC(=O)c2ccc(F)cc2)C1. The van der Waals surface area contributed by atoms with Crippen LogP contribution < -0.4 is 4.72 Å². The zero-order valence-electron chi connectivity index (χ0n) is 13.5. The number of rotatable bonds is 6. The van der Waals surface area contributed by atoms with Gasteiger partial charge in [-0.2, -0.15) is 0 Å². The molecule has 0 spiro atoms. The molecular formula is C16H21FN2O4S. The van der Waals surface area contributed by atoms with E-state index < -0.39 is 15.8 Å². The molecule has 1 fully saturated rings. The highest BCUT2D eigenvalue weighted by atomic mass is 32.2. The number of nitrogens with zero attached hydrogens (tertiary/aromatic N) is 1. The van der Waals surface area contributed by atoms with E-state index in [1.54, 1.807) is 4.90 Å². The summed E-state index contributed by atoms with van der Waals surface area (Å²) in [5, 5.41) is 0. The van der Waals surface area contributed by atoms with E-state index in [2.05, 4.69) is 4.72 Å². The van der Waals surface area contributed by atoms with Crippen molar-refractivity contribution in [1.82, 2.24) is 9.62 Å². The monoisotopic (exact) mass is 356 g/mol. The Bertz CT molecular complexity index is 703. The van der Waals surface area contributed by atoms with E-state index >= 15 is 0 Å². The summed E-state index contributed by atoms with van der Waals surface area (Å²) in [6.45, 7) is 0.877. The summed E-state index contributed by atoms with van der Waals surface area (Å²) < 4.78 is 37.9. The molecule has 132 valence electrons. The van der Waals surface area contributed by atoms with Crippen molar-refractivity contribution in [1.29, 1.82) is 0 Å². The van der Waals surface area contributed by atoms with E-state index in [1.165, 1.54) is 24.3 Å². The lowest BCUT2D eigenvalue weighted by Crippen LogP contribution is -2.49. The number of amides is 1. The second-order valence-electron chi connectivity index (χ2n) is 6.00. The first-order valence-electron chi connectivity index (χ1n) is 7.78. The summed E-state index contributed by atoms with van der Waals surface area (Å²) in [7, 11) is -3.31. The van der Waals surface area contributed by atoms with Crippen molar-refractivity contribution >= 4 is 21.7 Å². The maximum absolute atomic E-state index is 12.8. The summed E-state index contributed by atoms with van der Waals surface area (Å²) >= 11 is 0. The van der Waals surface area contributed by atoms with Gasteiger partial charge >= 0.3 is 0 Å². The Hall–Kier alpha value is -1.80. The maximum atomic E-state index is 12.8. The molecule has 1 saturated heterocycles. The lowest BCUT2D eigenvalue weighted by atomic mass is 10.0. The Morgan fingerprint density at radius 3 is 2.54 bits per heavy atom. The summed E-state index contributed by atoms with van der Waals surface area (Å²) in [6.07, 6.45) is 2.60. The van der Waals surface area contributed by atoms with Crippen LogP contribution in [0.1, 0.15) is 36.0 Å². The molecule has 1 heterocycles. The van der Waals surface area contributed by atoms with Crippen molar-refractivity contribution in [3.8, 4) is 0 Å². The standard InChI is InChI=1S/C16H21FN2O4S/c1-24(22,23)18-14-3-2-10-19(11-14)16(21)9-8-15(20)12-4-6-13(17)7-5-12/h4-7,14,18H,2-3,8-11H2,1H3. The lowest BCUT2D eigenvalue weighted by Gasteiger charge is -2.32. The van der Waals surface area contributed by atoms with Crippen molar-refractivity contribution in [3.05, 3.63) is 35.6 Å². The highest BCUT2D eigenvalue weighted by molar-refractivity contribution is 7.88. The Labute approximate surface area is 141 Å². The van der Waals surface area contributed by atoms with Gasteiger partial charge in [0.2, 0.25) is 15.9 Å². The van der Waals surface area contributed by atoms with Crippen LogP contribution in [0.15, 0.2) is 24.3 Å². The van der Waals surface area contributed by atoms with Crippen LogP contribution in [0.4, 0.5) is 4.39 Å². The number of carbonyl (C=O) groups excluding carboxylic acids is 2.